The Bertz CT molecular complexity index is 1300. The molecule has 5 atom stereocenters. The molecule has 0 amide bonds. The molecule has 0 aromatic heterocycles. The van der Waals surface area contributed by atoms with Gasteiger partial charge < -0.3 is 28.1 Å². The minimum absolute atomic E-state index is 0.0955. The highest BCUT2D eigenvalue weighted by Gasteiger charge is 2.37. The van der Waals surface area contributed by atoms with Gasteiger partial charge in [0.05, 0.1) is 30.8 Å². The maximum Gasteiger partial charge on any atom is 0.312 e. The van der Waals surface area contributed by atoms with Crippen molar-refractivity contribution in [2.45, 2.75) is 116 Å². The molecule has 1 unspecified atom stereocenters. The highest BCUT2D eigenvalue weighted by molar-refractivity contribution is 6.74. The van der Waals surface area contributed by atoms with Gasteiger partial charge >= 0.3 is 5.97 Å². The Balaban J connectivity index is 2.34. The Morgan fingerprint density at radius 3 is 1.74 bits per heavy atom. The fourth-order valence-corrected chi connectivity index (χ4v) is 5.34. The molecule has 0 saturated heterocycles. The first-order valence-electron chi connectivity index (χ1n) is 16.3. The van der Waals surface area contributed by atoms with Gasteiger partial charge in [0.1, 0.15) is 0 Å². The van der Waals surface area contributed by atoms with Crippen molar-refractivity contribution in [1.29, 1.82) is 0 Å². The Hall–Kier alpha value is -2.95. The summed E-state index contributed by atoms with van der Waals surface area (Å²) < 4.78 is 36.5. The van der Waals surface area contributed by atoms with Gasteiger partial charge in [-0.15, -0.1) is 6.42 Å². The molecule has 2 rings (SSSR count). The van der Waals surface area contributed by atoms with Gasteiger partial charge in [0.25, 0.3) is 0 Å². The second-order valence-electron chi connectivity index (χ2n) is 14.2. The Labute approximate surface area is 285 Å². The number of carbonyl (C=O) groups excluding carboxylic acids is 1. The molecule has 47 heavy (non-hydrogen) atoms. The van der Waals surface area contributed by atoms with Crippen molar-refractivity contribution >= 4 is 14.3 Å². The molecule has 0 fully saturated rings. The highest BCUT2D eigenvalue weighted by atomic mass is 28.4. The second-order valence-corrected chi connectivity index (χ2v) is 19.0. The average molecular weight is 665 g/mol. The molecule has 0 aliphatic heterocycles. The third-order valence-corrected chi connectivity index (χ3v) is 12.9. The predicted octanol–water partition coefficient (Wildman–Crippen LogP) is 7.58. The summed E-state index contributed by atoms with van der Waals surface area (Å²) >= 11 is 0. The maximum absolute atomic E-state index is 13.1. The quantitative estimate of drug-likeness (QED) is 0.0981. The summed E-state index contributed by atoms with van der Waals surface area (Å²) in [5.74, 6) is 8.66. The van der Waals surface area contributed by atoms with Crippen LogP contribution in [0.15, 0.2) is 60.7 Å². The van der Waals surface area contributed by atoms with Crippen LogP contribution >= 0.6 is 0 Å². The van der Waals surface area contributed by atoms with Crippen LogP contribution in [0.5, 0.6) is 0 Å². The van der Waals surface area contributed by atoms with Crippen molar-refractivity contribution < 1.29 is 32.9 Å². The van der Waals surface area contributed by atoms with Gasteiger partial charge in [0.15, 0.2) is 26.6 Å². The molecular weight excluding hydrogens is 609 g/mol. The molecule has 0 aliphatic rings. The molecule has 0 aliphatic carbocycles. The van der Waals surface area contributed by atoms with Crippen molar-refractivity contribution in [2.24, 2.45) is 5.41 Å². The fraction of sp³-hybridized carbons (Fsp3) is 0.564. The SMILES string of the molecule is C#C[C@H](OCc1ccccc1)[C@H](C#CC(C[C@H](OC)[C@H](CCO[Si](C)(C)C(C)(C)C)OC)OC(=O)C(C)(C)C)OCc1ccccc1. The van der Waals surface area contributed by atoms with Crippen molar-refractivity contribution in [2.75, 3.05) is 20.8 Å². The van der Waals surface area contributed by atoms with Gasteiger partial charge in [-0.05, 0) is 56.5 Å². The minimum atomic E-state index is -1.94. The van der Waals surface area contributed by atoms with E-state index >= 15 is 0 Å². The van der Waals surface area contributed by atoms with E-state index in [-0.39, 0.29) is 30.1 Å². The molecule has 7 nitrogen and oxygen atoms in total. The maximum atomic E-state index is 13.1. The number of benzene rings is 2. The number of methoxy groups -OCH3 is 2. The van der Waals surface area contributed by atoms with Crippen molar-refractivity contribution in [3.63, 3.8) is 0 Å². The Morgan fingerprint density at radius 1 is 0.787 bits per heavy atom. The number of carbonyl (C=O) groups is 1. The van der Waals surface area contributed by atoms with Crippen LogP contribution in [0.1, 0.15) is 65.5 Å². The van der Waals surface area contributed by atoms with E-state index in [0.717, 1.165) is 11.1 Å². The second kappa shape index (κ2) is 19.1. The van der Waals surface area contributed by atoms with Crippen LogP contribution in [0.4, 0.5) is 0 Å². The topological polar surface area (TPSA) is 72.5 Å². The highest BCUT2D eigenvalue weighted by Crippen LogP contribution is 2.36. The smallest absolute Gasteiger partial charge is 0.312 e. The van der Waals surface area contributed by atoms with Crippen molar-refractivity contribution in [1.82, 2.24) is 0 Å². The van der Waals surface area contributed by atoms with E-state index in [1.54, 1.807) is 35.0 Å². The number of esters is 1. The zero-order chi connectivity index (χ0) is 35.1. The van der Waals surface area contributed by atoms with Gasteiger partial charge in [0.2, 0.25) is 0 Å². The number of hydrogen-bond acceptors (Lipinski definition) is 7. The first kappa shape index (κ1) is 40.2. The molecular formula is C39H56O7Si. The van der Waals surface area contributed by atoms with Crippen LogP contribution in [0.2, 0.25) is 18.1 Å². The molecule has 0 heterocycles. The first-order chi connectivity index (χ1) is 22.1. The predicted molar refractivity (Wildman–Crippen MR) is 190 cm³/mol. The van der Waals surface area contributed by atoms with E-state index in [1.807, 2.05) is 60.7 Å². The molecule has 2 aromatic carbocycles. The zero-order valence-electron chi connectivity index (χ0n) is 30.1. The zero-order valence-corrected chi connectivity index (χ0v) is 31.1. The van der Waals surface area contributed by atoms with Gasteiger partial charge in [-0.3, -0.25) is 4.79 Å². The van der Waals surface area contributed by atoms with Gasteiger partial charge in [-0.25, -0.2) is 0 Å². The standard InChI is InChI=1S/C39H56O7Si/c1-12-33(43-28-30-19-15-13-16-20-30)35(44-29-31-21-17-14-18-22-31)24-23-32(46-37(40)38(2,3)4)27-36(42-9)34(41-8)25-26-45-47(10,11)39(5,6)7/h1,13-22,32-36H,25-29H2,2-11H3/t32?,33-,34-,35-,36-/m0/s1. The summed E-state index contributed by atoms with van der Waals surface area (Å²) in [5.41, 5.74) is 1.21. The Kier molecular flexibility index (Phi) is 16.4. The molecule has 0 radical (unpaired) electrons. The van der Waals surface area contributed by atoms with Crippen LogP contribution in [-0.2, 0) is 46.1 Å². The van der Waals surface area contributed by atoms with Crippen LogP contribution in [-0.4, -0.2) is 65.6 Å². The van der Waals surface area contributed by atoms with Gasteiger partial charge in [-0.1, -0.05) is 99.2 Å². The van der Waals surface area contributed by atoms with E-state index in [1.165, 1.54) is 0 Å². The van der Waals surface area contributed by atoms with E-state index in [2.05, 4.69) is 51.6 Å². The summed E-state index contributed by atoms with van der Waals surface area (Å²) in [4.78, 5) is 13.1. The monoisotopic (exact) mass is 664 g/mol. The summed E-state index contributed by atoms with van der Waals surface area (Å²) in [7, 11) is 1.34. The summed E-state index contributed by atoms with van der Waals surface area (Å²) in [6.45, 7) is 17.6. The molecule has 0 saturated carbocycles. The number of terminal acetylenes is 1. The van der Waals surface area contributed by atoms with Crippen molar-refractivity contribution in [3.8, 4) is 24.2 Å². The molecule has 258 valence electrons. The number of ether oxygens (including phenoxy) is 5. The largest absolute Gasteiger partial charge is 0.449 e. The molecule has 0 bridgehead atoms. The lowest BCUT2D eigenvalue weighted by Crippen LogP contribution is -2.42. The van der Waals surface area contributed by atoms with E-state index in [9.17, 15) is 4.79 Å². The minimum Gasteiger partial charge on any atom is -0.449 e. The fourth-order valence-electron chi connectivity index (χ4n) is 4.28. The normalized spacial score (nSPS) is 15.3. The van der Waals surface area contributed by atoms with E-state index in [0.29, 0.717) is 19.6 Å². The summed E-state index contributed by atoms with van der Waals surface area (Å²) in [6.07, 6.45) is 3.74. The van der Waals surface area contributed by atoms with Crippen molar-refractivity contribution in [3.05, 3.63) is 71.8 Å². The molecule has 0 N–H and O–H groups in total. The number of rotatable bonds is 17. The number of hydrogen-bond donors (Lipinski definition) is 0. The lowest BCUT2D eigenvalue weighted by Gasteiger charge is -2.37. The van der Waals surface area contributed by atoms with Crippen LogP contribution in [0.25, 0.3) is 0 Å². The van der Waals surface area contributed by atoms with Gasteiger partial charge in [-0.2, -0.15) is 0 Å². The third kappa shape index (κ3) is 14.0. The molecule has 2 aromatic rings. The summed E-state index contributed by atoms with van der Waals surface area (Å²) in [5, 5.41) is 0.0955. The van der Waals surface area contributed by atoms with E-state index < -0.39 is 38.1 Å². The summed E-state index contributed by atoms with van der Waals surface area (Å²) in [6, 6.07) is 19.5. The molecule has 8 heteroatoms. The lowest BCUT2D eigenvalue weighted by molar-refractivity contribution is -0.158. The average Bonchev–Trinajstić information content (AvgIpc) is 3.02. The molecule has 0 spiro atoms. The van der Waals surface area contributed by atoms with Crippen LogP contribution in [0.3, 0.4) is 0 Å². The third-order valence-electron chi connectivity index (χ3n) is 8.37. The van der Waals surface area contributed by atoms with Crippen LogP contribution in [0, 0.1) is 29.6 Å². The lowest BCUT2D eigenvalue weighted by atomic mass is 9.97. The Morgan fingerprint density at radius 2 is 1.30 bits per heavy atom. The first-order valence-corrected chi connectivity index (χ1v) is 19.2. The van der Waals surface area contributed by atoms with Gasteiger partial charge in [0, 0.05) is 27.2 Å². The van der Waals surface area contributed by atoms with Crippen LogP contribution < -0.4 is 0 Å². The van der Waals surface area contributed by atoms with E-state index in [4.69, 9.17) is 34.5 Å².